The number of carboxylic acid groups (broad SMARTS) is 1. The van der Waals surface area contributed by atoms with Gasteiger partial charge in [0, 0.05) is 30.9 Å². The molecule has 0 aromatic heterocycles. The van der Waals surface area contributed by atoms with E-state index in [0.29, 0.717) is 35.4 Å². The second-order valence-electron chi connectivity index (χ2n) is 8.84. The van der Waals surface area contributed by atoms with Crippen molar-refractivity contribution in [3.8, 4) is 0 Å². The molecule has 11 heteroatoms. The van der Waals surface area contributed by atoms with Crippen LogP contribution in [0.15, 0.2) is 34.4 Å². The van der Waals surface area contributed by atoms with Gasteiger partial charge in [0.05, 0.1) is 31.2 Å². The maximum atomic E-state index is 12.9. The highest BCUT2D eigenvalue weighted by Crippen LogP contribution is 2.32. The van der Waals surface area contributed by atoms with Crippen molar-refractivity contribution in [2.45, 2.75) is 89.8 Å². The van der Waals surface area contributed by atoms with Gasteiger partial charge >= 0.3 is 23.9 Å². The van der Waals surface area contributed by atoms with E-state index in [0.717, 1.165) is 0 Å². The summed E-state index contributed by atoms with van der Waals surface area (Å²) < 4.78 is 22.1. The molecule has 2 N–H and O–H groups in total. The fourth-order valence-electron chi connectivity index (χ4n) is 4.05. The van der Waals surface area contributed by atoms with Crippen molar-refractivity contribution >= 4 is 35.5 Å². The second kappa shape index (κ2) is 14.2. The average molecular weight is 529 g/mol. The van der Waals surface area contributed by atoms with E-state index in [4.69, 9.17) is 35.7 Å². The molecule has 0 saturated carbocycles. The van der Waals surface area contributed by atoms with Crippen molar-refractivity contribution in [3.63, 3.8) is 0 Å². The minimum absolute atomic E-state index is 0.169. The normalized spacial score (nSPS) is 26.6. The molecule has 2 heterocycles. The smallest absolute Gasteiger partial charge is 0.310 e. The zero-order chi connectivity index (χ0) is 26.8. The lowest BCUT2D eigenvalue weighted by Crippen LogP contribution is -2.31. The molecular weight excluding hydrogens is 496 g/mol. The Morgan fingerprint density at radius 1 is 1.19 bits per heavy atom. The molecule has 0 spiro atoms. The number of ether oxygens (including phenoxy) is 4. The SMILES string of the molecule is CC(=O)OCC1=CCC=C(Cl)CCC2OC(C(O)C=C(C)CC(=O)O)CC2OC(=O)CC1OC(C)=O. The first-order valence-electron chi connectivity index (χ1n) is 11.7. The highest BCUT2D eigenvalue weighted by atomic mass is 35.5. The third-order valence-electron chi connectivity index (χ3n) is 5.68. The molecule has 200 valence electrons. The van der Waals surface area contributed by atoms with Crippen LogP contribution >= 0.6 is 11.6 Å². The van der Waals surface area contributed by atoms with Gasteiger partial charge in [0.25, 0.3) is 0 Å². The van der Waals surface area contributed by atoms with E-state index < -0.39 is 54.4 Å². The quantitative estimate of drug-likeness (QED) is 0.287. The number of carboxylic acids is 1. The van der Waals surface area contributed by atoms with Crippen molar-refractivity contribution in [3.05, 3.63) is 34.4 Å². The molecule has 0 aromatic carbocycles. The van der Waals surface area contributed by atoms with Crippen LogP contribution in [0.5, 0.6) is 0 Å². The molecule has 1 saturated heterocycles. The van der Waals surface area contributed by atoms with Crippen molar-refractivity contribution in [1.29, 1.82) is 0 Å². The minimum atomic E-state index is -1.09. The first kappa shape index (κ1) is 29.5. The summed E-state index contributed by atoms with van der Waals surface area (Å²) >= 11 is 6.37. The van der Waals surface area contributed by atoms with Crippen LogP contribution in [0.2, 0.25) is 0 Å². The number of aliphatic carboxylic acids is 1. The van der Waals surface area contributed by atoms with Gasteiger partial charge in [-0.25, -0.2) is 0 Å². The number of halogens is 1. The lowest BCUT2D eigenvalue weighted by molar-refractivity contribution is -0.157. The average Bonchev–Trinajstić information content (AvgIpc) is 3.15. The zero-order valence-electron chi connectivity index (χ0n) is 20.6. The van der Waals surface area contributed by atoms with E-state index in [1.807, 2.05) is 0 Å². The Labute approximate surface area is 214 Å². The number of carbonyl (C=O) groups is 4. The van der Waals surface area contributed by atoms with Crippen LogP contribution in [0.1, 0.15) is 59.3 Å². The lowest BCUT2D eigenvalue weighted by Gasteiger charge is -2.22. The largest absolute Gasteiger partial charge is 0.481 e. The Kier molecular flexibility index (Phi) is 11.6. The molecule has 0 radical (unpaired) electrons. The third-order valence-corrected chi connectivity index (χ3v) is 6.02. The van der Waals surface area contributed by atoms with E-state index in [1.165, 1.54) is 19.9 Å². The van der Waals surface area contributed by atoms with Gasteiger partial charge in [-0.2, -0.15) is 0 Å². The Morgan fingerprint density at radius 2 is 1.92 bits per heavy atom. The van der Waals surface area contributed by atoms with Crippen LogP contribution in [0.4, 0.5) is 0 Å². The van der Waals surface area contributed by atoms with Crippen molar-refractivity contribution in [2.24, 2.45) is 0 Å². The van der Waals surface area contributed by atoms with Gasteiger partial charge in [-0.15, -0.1) is 0 Å². The van der Waals surface area contributed by atoms with Gasteiger partial charge < -0.3 is 29.2 Å². The lowest BCUT2D eigenvalue weighted by atomic mass is 10.0. The molecule has 0 bridgehead atoms. The van der Waals surface area contributed by atoms with Gasteiger partial charge in [-0.3, -0.25) is 19.2 Å². The number of hydrogen-bond acceptors (Lipinski definition) is 9. The van der Waals surface area contributed by atoms with Crippen LogP contribution in [-0.4, -0.2) is 71.2 Å². The number of fused-ring (bicyclic) bond motifs is 1. The number of hydrogen-bond donors (Lipinski definition) is 2. The van der Waals surface area contributed by atoms with E-state index in [2.05, 4.69) is 0 Å². The highest BCUT2D eigenvalue weighted by molar-refractivity contribution is 6.29. The molecule has 10 nitrogen and oxygen atoms in total. The van der Waals surface area contributed by atoms with Crippen LogP contribution in [-0.2, 0) is 38.1 Å². The molecule has 0 aliphatic carbocycles. The van der Waals surface area contributed by atoms with Crippen LogP contribution in [0.3, 0.4) is 0 Å². The van der Waals surface area contributed by atoms with E-state index in [-0.39, 0.29) is 25.9 Å². The first-order chi connectivity index (χ1) is 16.9. The summed E-state index contributed by atoms with van der Waals surface area (Å²) in [4.78, 5) is 46.8. The summed E-state index contributed by atoms with van der Waals surface area (Å²) in [5.74, 6) is -2.81. The fourth-order valence-corrected chi connectivity index (χ4v) is 4.25. The van der Waals surface area contributed by atoms with E-state index >= 15 is 0 Å². The molecule has 2 aliphatic rings. The number of allylic oxidation sites excluding steroid dienone is 3. The Morgan fingerprint density at radius 3 is 2.56 bits per heavy atom. The fraction of sp³-hybridized carbons (Fsp3) is 0.600. The Hall–Kier alpha value is -2.69. The van der Waals surface area contributed by atoms with Crippen LogP contribution in [0, 0.1) is 0 Å². The topological polar surface area (TPSA) is 146 Å². The summed E-state index contributed by atoms with van der Waals surface area (Å²) in [6.45, 7) is 3.88. The van der Waals surface area contributed by atoms with Crippen molar-refractivity contribution in [2.75, 3.05) is 6.61 Å². The second-order valence-corrected chi connectivity index (χ2v) is 9.32. The van der Waals surface area contributed by atoms with Crippen LogP contribution in [0.25, 0.3) is 0 Å². The number of esters is 3. The number of carbonyl (C=O) groups excluding carboxylic acids is 3. The molecule has 1 fully saturated rings. The number of aliphatic hydroxyl groups is 1. The molecule has 5 unspecified atom stereocenters. The van der Waals surface area contributed by atoms with Crippen molar-refractivity contribution < 1.29 is 48.3 Å². The maximum absolute atomic E-state index is 12.9. The molecule has 5 atom stereocenters. The molecule has 36 heavy (non-hydrogen) atoms. The number of rotatable bonds is 7. The van der Waals surface area contributed by atoms with Gasteiger partial charge in [-0.05, 0) is 26.2 Å². The molecule has 2 rings (SSSR count). The highest BCUT2D eigenvalue weighted by Gasteiger charge is 2.41. The molecule has 2 aliphatic heterocycles. The van der Waals surface area contributed by atoms with E-state index in [9.17, 15) is 24.3 Å². The molecule has 0 aromatic rings. The summed E-state index contributed by atoms with van der Waals surface area (Å²) in [5, 5.41) is 20.0. The summed E-state index contributed by atoms with van der Waals surface area (Å²) in [6, 6.07) is 0. The van der Waals surface area contributed by atoms with Crippen molar-refractivity contribution in [1.82, 2.24) is 0 Å². The van der Waals surface area contributed by atoms with Gasteiger partial charge in [0.1, 0.15) is 18.8 Å². The van der Waals surface area contributed by atoms with E-state index in [1.54, 1.807) is 19.1 Å². The predicted molar refractivity (Wildman–Crippen MR) is 128 cm³/mol. The molecular formula is C25H33ClO10. The zero-order valence-corrected chi connectivity index (χ0v) is 21.4. The number of aliphatic hydroxyl groups excluding tert-OH is 1. The van der Waals surface area contributed by atoms with Gasteiger partial charge in [0.15, 0.2) is 0 Å². The maximum Gasteiger partial charge on any atom is 0.310 e. The first-order valence-corrected chi connectivity index (χ1v) is 12.1. The minimum Gasteiger partial charge on any atom is -0.481 e. The third kappa shape index (κ3) is 10.1. The standard InChI is InChI=1S/C25H33ClO10/c1-14(10-24(30)31)9-19(29)22-11-23-20(35-22)8-7-18(26)6-4-5-17(13-33-15(2)27)21(34-16(3)28)12-25(32)36-23/h5-6,9,19-23,29H,4,7-8,10-13H2,1-3H3,(H,30,31). The summed E-state index contributed by atoms with van der Waals surface area (Å²) in [6.07, 6.45) is 1.68. The Bertz CT molecular complexity index is 922. The molecule has 0 amide bonds. The Balaban J connectivity index is 2.24. The predicted octanol–water partition coefficient (Wildman–Crippen LogP) is 2.96. The van der Waals surface area contributed by atoms with Gasteiger partial charge in [-0.1, -0.05) is 35.4 Å². The van der Waals surface area contributed by atoms with Gasteiger partial charge in [0.2, 0.25) is 0 Å². The monoisotopic (exact) mass is 528 g/mol. The summed E-state index contributed by atoms with van der Waals surface area (Å²) in [7, 11) is 0. The van der Waals surface area contributed by atoms with Crippen LogP contribution < -0.4 is 0 Å². The summed E-state index contributed by atoms with van der Waals surface area (Å²) in [5.41, 5.74) is 0.893.